The second-order valence-electron chi connectivity index (χ2n) is 10.6. The van der Waals surface area contributed by atoms with Crippen molar-refractivity contribution >= 4 is 23.9 Å². The number of carbonyl (C=O) groups excluding carboxylic acids is 4. The van der Waals surface area contributed by atoms with Crippen molar-refractivity contribution < 1.29 is 52.3 Å². The van der Waals surface area contributed by atoms with Gasteiger partial charge in [0.1, 0.15) is 24.9 Å². The van der Waals surface area contributed by atoms with E-state index in [1.54, 1.807) is 13.8 Å². The zero-order chi connectivity index (χ0) is 30.4. The van der Waals surface area contributed by atoms with Crippen molar-refractivity contribution in [2.45, 2.75) is 70.6 Å². The Morgan fingerprint density at radius 3 is 1.98 bits per heavy atom. The second-order valence-corrected chi connectivity index (χ2v) is 10.6. The van der Waals surface area contributed by atoms with Crippen LogP contribution in [0.15, 0.2) is 61.1 Å². The Bertz CT molecular complexity index is 1140. The normalized spacial score (nSPS) is 30.2. The molecule has 0 saturated carbocycles. The number of cyclic esters (lactones) is 1. The predicted octanol–water partition coefficient (Wildman–Crippen LogP) is 3.25. The number of hydrogen-bond donors (Lipinski definition) is 0. The van der Waals surface area contributed by atoms with Crippen LogP contribution in [0.3, 0.4) is 0 Å². The summed E-state index contributed by atoms with van der Waals surface area (Å²) in [5.74, 6) is 0.325. The number of ether oxygens (including phenoxy) is 7. The highest BCUT2D eigenvalue weighted by atomic mass is 16.6. The van der Waals surface area contributed by atoms with Gasteiger partial charge in [0.05, 0.1) is 36.8 Å². The van der Waals surface area contributed by atoms with E-state index in [0.29, 0.717) is 55.5 Å². The first kappa shape index (κ1) is 31.7. The average molecular weight is 575 g/mol. The third-order valence-electron chi connectivity index (χ3n) is 6.93. The highest BCUT2D eigenvalue weighted by molar-refractivity contribution is 5.90. The van der Waals surface area contributed by atoms with Crippen molar-refractivity contribution in [1.82, 2.24) is 0 Å². The van der Waals surface area contributed by atoms with Gasteiger partial charge >= 0.3 is 23.9 Å². The molecule has 7 atom stereocenters. The van der Waals surface area contributed by atoms with Gasteiger partial charge in [-0.1, -0.05) is 32.9 Å². The molecule has 224 valence electrons. The zero-order valence-electron chi connectivity index (χ0n) is 23.8. The first-order valence-corrected chi connectivity index (χ1v) is 13.3. The fourth-order valence-corrected chi connectivity index (χ4v) is 4.78. The predicted molar refractivity (Wildman–Crippen MR) is 145 cm³/mol. The van der Waals surface area contributed by atoms with Crippen molar-refractivity contribution in [1.29, 1.82) is 0 Å². The van der Waals surface area contributed by atoms with Crippen LogP contribution < -0.4 is 0 Å². The molecule has 5 rings (SSSR count). The van der Waals surface area contributed by atoms with Gasteiger partial charge in [0.25, 0.3) is 0 Å². The number of carbonyl (C=O) groups is 4. The van der Waals surface area contributed by atoms with Gasteiger partial charge in [0.15, 0.2) is 0 Å². The van der Waals surface area contributed by atoms with Crippen LogP contribution in [0.25, 0.3) is 0 Å². The zero-order valence-corrected chi connectivity index (χ0v) is 23.8. The number of hydrogen-bond acceptors (Lipinski definition) is 11. The molecule has 11 heteroatoms. The van der Waals surface area contributed by atoms with Gasteiger partial charge in [0.2, 0.25) is 6.10 Å². The quantitative estimate of drug-likeness (QED) is 0.263. The molecule has 5 heterocycles. The lowest BCUT2D eigenvalue weighted by molar-refractivity contribution is -0.157. The number of esters is 4. The summed E-state index contributed by atoms with van der Waals surface area (Å²) in [6, 6.07) is 0. The van der Waals surface area contributed by atoms with Crippen LogP contribution in [0.4, 0.5) is 0 Å². The lowest BCUT2D eigenvalue weighted by Gasteiger charge is -2.26. The maximum Gasteiger partial charge on any atom is 0.347 e. The SMILES string of the molecule is C=C(C)C(=O)OC1CC2OC1C1C(=C)OCC21.C=C(C)C(=O)OC1CCOC1=O.C=C1CC(OC(=O)C(=C)C)CO1. The molecule has 0 spiro atoms. The van der Waals surface area contributed by atoms with Crippen molar-refractivity contribution in [2.24, 2.45) is 11.8 Å². The van der Waals surface area contributed by atoms with E-state index in [1.165, 1.54) is 6.92 Å². The average Bonchev–Trinajstić information content (AvgIpc) is 3.72. The summed E-state index contributed by atoms with van der Waals surface area (Å²) in [4.78, 5) is 44.2. The van der Waals surface area contributed by atoms with Crippen molar-refractivity contribution in [3.8, 4) is 0 Å². The van der Waals surface area contributed by atoms with Gasteiger partial charge in [0, 0.05) is 41.9 Å². The van der Waals surface area contributed by atoms with Gasteiger partial charge in [-0.3, -0.25) is 0 Å². The summed E-state index contributed by atoms with van der Waals surface area (Å²) >= 11 is 0. The Morgan fingerprint density at radius 2 is 1.44 bits per heavy atom. The maximum absolute atomic E-state index is 11.5. The lowest BCUT2D eigenvalue weighted by Crippen LogP contribution is -2.38. The minimum Gasteiger partial charge on any atom is -0.498 e. The molecule has 5 aliphatic heterocycles. The van der Waals surface area contributed by atoms with Crippen molar-refractivity contribution in [3.63, 3.8) is 0 Å². The first-order valence-electron chi connectivity index (χ1n) is 13.3. The van der Waals surface area contributed by atoms with E-state index in [2.05, 4.69) is 37.6 Å². The monoisotopic (exact) mass is 574 g/mol. The molecule has 0 aromatic heterocycles. The standard InChI is InChI=1S/C13H16O4.C9H12O3.C8H10O4/c1-6(2)13(14)17-10-4-9-8-5-15-7(3)11(8)12(10)16-9;1-6(2)9(10)12-8-4-7(3)11-5-8;1-5(2)7(9)12-6-3-4-11-8(6)10/h8-12H,1,3-5H2,2H3;8H,1,3-5H2,2H3;6H,1,3-4H2,2H3. The number of fused-ring (bicyclic) bond motifs is 5. The van der Waals surface area contributed by atoms with Crippen LogP contribution in [-0.4, -0.2) is 74.2 Å². The van der Waals surface area contributed by atoms with E-state index in [0.717, 1.165) is 12.2 Å². The molecule has 0 aromatic carbocycles. The van der Waals surface area contributed by atoms with Crippen LogP contribution in [0.2, 0.25) is 0 Å². The Labute approximate surface area is 239 Å². The summed E-state index contributed by atoms with van der Waals surface area (Å²) in [6.07, 6.45) is 0.786. The molecular weight excluding hydrogens is 536 g/mol. The Hall–Kier alpha value is -3.86. The summed E-state index contributed by atoms with van der Waals surface area (Å²) in [7, 11) is 0. The molecule has 41 heavy (non-hydrogen) atoms. The van der Waals surface area contributed by atoms with E-state index in [1.807, 2.05) is 0 Å². The molecule has 5 fully saturated rings. The molecule has 11 nitrogen and oxygen atoms in total. The Balaban J connectivity index is 0.000000174. The third-order valence-corrected chi connectivity index (χ3v) is 6.93. The van der Waals surface area contributed by atoms with Crippen LogP contribution in [0.1, 0.15) is 40.0 Å². The van der Waals surface area contributed by atoms with Gasteiger partial charge < -0.3 is 33.2 Å². The molecule has 0 aromatic rings. The summed E-state index contributed by atoms with van der Waals surface area (Å²) in [5, 5.41) is 0. The van der Waals surface area contributed by atoms with E-state index in [-0.39, 0.29) is 47.8 Å². The van der Waals surface area contributed by atoms with Crippen LogP contribution in [-0.2, 0) is 52.3 Å². The lowest BCUT2D eigenvalue weighted by atomic mass is 9.79. The largest absolute Gasteiger partial charge is 0.498 e. The minimum absolute atomic E-state index is 0.0803. The fraction of sp³-hybridized carbons (Fsp3) is 0.533. The van der Waals surface area contributed by atoms with Crippen molar-refractivity contribution in [3.05, 3.63) is 61.1 Å². The van der Waals surface area contributed by atoms with E-state index in [9.17, 15) is 19.2 Å². The molecule has 5 saturated heterocycles. The Kier molecular flexibility index (Phi) is 10.6. The van der Waals surface area contributed by atoms with Crippen LogP contribution in [0.5, 0.6) is 0 Å². The van der Waals surface area contributed by atoms with Gasteiger partial charge in [-0.25, -0.2) is 19.2 Å². The molecule has 7 unspecified atom stereocenters. The highest BCUT2D eigenvalue weighted by Gasteiger charge is 2.59. The third kappa shape index (κ3) is 8.09. The topological polar surface area (TPSA) is 133 Å². The smallest absolute Gasteiger partial charge is 0.347 e. The first-order chi connectivity index (χ1) is 19.3. The number of rotatable bonds is 6. The van der Waals surface area contributed by atoms with E-state index >= 15 is 0 Å². The minimum atomic E-state index is -0.728. The summed E-state index contributed by atoms with van der Waals surface area (Å²) < 4.78 is 36.2. The highest BCUT2D eigenvalue weighted by Crippen LogP contribution is 2.51. The molecule has 0 aliphatic carbocycles. The maximum atomic E-state index is 11.5. The van der Waals surface area contributed by atoms with Gasteiger partial charge in [-0.2, -0.15) is 0 Å². The fourth-order valence-electron chi connectivity index (χ4n) is 4.78. The van der Waals surface area contributed by atoms with E-state index < -0.39 is 18.0 Å². The molecular formula is C30H38O11. The van der Waals surface area contributed by atoms with Crippen LogP contribution >= 0.6 is 0 Å². The van der Waals surface area contributed by atoms with Crippen LogP contribution in [0, 0.1) is 11.8 Å². The molecule has 0 radical (unpaired) electrons. The van der Waals surface area contributed by atoms with Gasteiger partial charge in [-0.05, 0) is 20.8 Å². The van der Waals surface area contributed by atoms with Crippen molar-refractivity contribution in [2.75, 3.05) is 19.8 Å². The van der Waals surface area contributed by atoms with E-state index in [4.69, 9.17) is 28.4 Å². The molecule has 0 amide bonds. The second kappa shape index (κ2) is 13.7. The summed E-state index contributed by atoms with van der Waals surface area (Å²) in [6.45, 7) is 24.2. The molecule has 2 bridgehead atoms. The molecule has 5 aliphatic rings. The summed E-state index contributed by atoms with van der Waals surface area (Å²) in [5.41, 5.74) is 1.12. The van der Waals surface area contributed by atoms with Gasteiger partial charge in [-0.15, -0.1) is 0 Å². The Morgan fingerprint density at radius 1 is 0.829 bits per heavy atom. The molecule has 0 N–H and O–H groups in total.